The van der Waals surface area contributed by atoms with Crippen LogP contribution in [0, 0.1) is 0 Å². The van der Waals surface area contributed by atoms with Crippen LogP contribution in [0.25, 0.3) is 5.53 Å². The minimum Gasteiger partial charge on any atom is -0.357 e. The predicted octanol–water partition coefficient (Wildman–Crippen LogP) is 3.22. The van der Waals surface area contributed by atoms with E-state index in [0.29, 0.717) is 17.9 Å². The van der Waals surface area contributed by atoms with Crippen molar-refractivity contribution >= 4 is 22.9 Å². The molecule has 2 aromatic carbocycles. The number of carbonyl (C=O) groups is 1. The summed E-state index contributed by atoms with van der Waals surface area (Å²) in [5.74, 6) is -1.22. The smallest absolute Gasteiger partial charge is 0.357 e. The molecule has 0 N–H and O–H groups in total. The van der Waals surface area contributed by atoms with Crippen molar-refractivity contribution in [3.05, 3.63) is 71.8 Å². The van der Waals surface area contributed by atoms with Crippen LogP contribution >= 0.6 is 0 Å². The number of benzene rings is 2. The van der Waals surface area contributed by atoms with Gasteiger partial charge in [0, 0.05) is 12.1 Å². The van der Waals surface area contributed by atoms with Crippen LogP contribution in [0.5, 0.6) is 0 Å². The molecule has 0 aromatic heterocycles. The Bertz CT molecular complexity index is 842. The third kappa shape index (κ3) is 5.88. The van der Waals surface area contributed by atoms with E-state index in [9.17, 15) is 14.5 Å². The first-order valence-corrected chi connectivity index (χ1v) is 9.63. The van der Waals surface area contributed by atoms with Crippen LogP contribution in [0.4, 0.5) is 0 Å². The molecule has 0 saturated carbocycles. The summed E-state index contributed by atoms with van der Waals surface area (Å²) in [5.41, 5.74) is 9.81. The molecule has 7 heteroatoms. The number of hydrogen-bond acceptors (Lipinski definition) is 3. The molecule has 142 valence electrons. The van der Waals surface area contributed by atoms with E-state index in [1.54, 1.807) is 30.3 Å². The Kier molecular flexibility index (Phi) is 7.05. The molecule has 1 unspecified atom stereocenters. The molecule has 0 spiro atoms. The second kappa shape index (κ2) is 9.26. The highest BCUT2D eigenvalue weighted by Gasteiger charge is 2.37. The van der Waals surface area contributed by atoms with Crippen LogP contribution in [0.2, 0.25) is 0 Å². The Morgan fingerprint density at radius 1 is 1.07 bits per heavy atom. The van der Waals surface area contributed by atoms with Gasteiger partial charge in [-0.2, -0.15) is 0 Å². The highest BCUT2D eigenvalue weighted by molar-refractivity contribution is 7.80. The van der Waals surface area contributed by atoms with Gasteiger partial charge in [-0.25, -0.2) is 4.21 Å². The zero-order valence-electron chi connectivity index (χ0n) is 15.7. The fourth-order valence-electron chi connectivity index (χ4n) is 2.49. The third-order valence-corrected chi connectivity index (χ3v) is 4.85. The molecule has 6 nitrogen and oxygen atoms in total. The molecule has 0 fully saturated rings. The van der Waals surface area contributed by atoms with Crippen LogP contribution in [0.3, 0.4) is 0 Å². The van der Waals surface area contributed by atoms with Crippen LogP contribution < -0.4 is 0 Å². The first-order valence-electron chi connectivity index (χ1n) is 8.56. The van der Waals surface area contributed by atoms with Gasteiger partial charge in [-0.15, -0.1) is 4.79 Å². The fourth-order valence-corrected chi connectivity index (χ4v) is 3.21. The lowest BCUT2D eigenvalue weighted by Crippen LogP contribution is -2.50. The lowest BCUT2D eigenvalue weighted by Gasteiger charge is -2.34. The highest BCUT2D eigenvalue weighted by Crippen LogP contribution is 2.16. The average molecular weight is 385 g/mol. The van der Waals surface area contributed by atoms with Crippen LogP contribution in [0.15, 0.2) is 65.6 Å². The summed E-state index contributed by atoms with van der Waals surface area (Å²) in [4.78, 5) is 17.8. The quantitative estimate of drug-likeness (QED) is 0.343. The Morgan fingerprint density at radius 3 is 2.15 bits per heavy atom. The number of carbonyl (C=O) groups excluding carboxylic acids is 1. The Labute approximate surface area is 162 Å². The highest BCUT2D eigenvalue weighted by atomic mass is 32.2. The molecule has 1 atom stereocenters. The molecule has 0 radical (unpaired) electrons. The van der Waals surface area contributed by atoms with Gasteiger partial charge in [-0.05, 0) is 44.9 Å². The van der Waals surface area contributed by atoms with E-state index in [4.69, 9.17) is 4.18 Å². The van der Waals surface area contributed by atoms with Gasteiger partial charge in [0.25, 0.3) is 0 Å². The van der Waals surface area contributed by atoms with Crippen molar-refractivity contribution in [2.45, 2.75) is 37.6 Å². The largest absolute Gasteiger partial charge is 0.555 e. The molecular weight excluding hydrogens is 362 g/mol. The Hall–Kier alpha value is -2.76. The molecule has 2 aromatic rings. The summed E-state index contributed by atoms with van der Waals surface area (Å²) in [6.07, 6.45) is 0.629. The zero-order valence-corrected chi connectivity index (χ0v) is 16.5. The van der Waals surface area contributed by atoms with Crippen molar-refractivity contribution in [2.24, 2.45) is 0 Å². The van der Waals surface area contributed by atoms with Gasteiger partial charge in [-0.3, -0.25) is 4.79 Å². The monoisotopic (exact) mass is 385 g/mol. The van der Waals surface area contributed by atoms with E-state index >= 15 is 0 Å². The molecule has 2 rings (SSSR count). The third-order valence-electron chi connectivity index (χ3n) is 3.89. The first-order chi connectivity index (χ1) is 12.8. The number of nitrogens with zero attached hydrogens (tertiary/aromatic N) is 3. The van der Waals surface area contributed by atoms with E-state index in [-0.39, 0.29) is 0 Å². The predicted molar refractivity (Wildman–Crippen MR) is 104 cm³/mol. The summed E-state index contributed by atoms with van der Waals surface area (Å²) in [7, 11) is 0. The van der Waals surface area contributed by atoms with Gasteiger partial charge in [0.05, 0.1) is 4.90 Å². The maximum Gasteiger partial charge on any atom is 0.555 e. The van der Waals surface area contributed by atoms with Gasteiger partial charge in [0.2, 0.25) is 11.1 Å². The maximum atomic E-state index is 12.9. The van der Waals surface area contributed by atoms with E-state index in [1.165, 1.54) is 4.90 Å². The molecule has 0 bridgehead atoms. The molecule has 0 aliphatic carbocycles. The van der Waals surface area contributed by atoms with Crippen molar-refractivity contribution in [2.75, 3.05) is 6.54 Å². The van der Waals surface area contributed by atoms with Crippen LogP contribution in [-0.2, 0) is 26.5 Å². The normalized spacial score (nSPS) is 12.0. The molecule has 27 heavy (non-hydrogen) atoms. The number of amides is 1. The summed E-state index contributed by atoms with van der Waals surface area (Å²) in [5, 5.41) is 0. The molecule has 0 heterocycles. The second-order valence-electron chi connectivity index (χ2n) is 6.90. The second-order valence-corrected chi connectivity index (χ2v) is 8.01. The summed E-state index contributed by atoms with van der Waals surface area (Å²) >= 11 is -1.96. The van der Waals surface area contributed by atoms with E-state index in [0.717, 1.165) is 5.56 Å². The van der Waals surface area contributed by atoms with Gasteiger partial charge in [-0.1, -0.05) is 48.5 Å². The lowest BCUT2D eigenvalue weighted by atomic mass is 10.0. The molecule has 1 amide bonds. The van der Waals surface area contributed by atoms with Crippen molar-refractivity contribution < 1.29 is 18.0 Å². The van der Waals surface area contributed by atoms with Crippen molar-refractivity contribution in [3.8, 4) is 0 Å². The Balaban J connectivity index is 2.15. The van der Waals surface area contributed by atoms with Crippen LogP contribution in [0.1, 0.15) is 26.3 Å². The minimum absolute atomic E-state index is 0.373. The van der Waals surface area contributed by atoms with E-state index in [1.807, 2.05) is 51.1 Å². The standard InChI is InChI=1S/C20H23N3O3S/c1-20(2,3)23(15-14-16-10-6-4-7-11-16)19(24)18(22-21)26-27(25)17-12-8-5-9-13-17/h4-13H,14-15H2,1-3H3. The summed E-state index contributed by atoms with van der Waals surface area (Å²) < 4.78 is 17.5. The zero-order chi connectivity index (χ0) is 19.9. The van der Waals surface area contributed by atoms with Gasteiger partial charge in [0.15, 0.2) is 0 Å². The van der Waals surface area contributed by atoms with Crippen molar-refractivity contribution in [1.29, 1.82) is 0 Å². The molecule has 0 aliphatic heterocycles. The van der Waals surface area contributed by atoms with Crippen LogP contribution in [-0.4, -0.2) is 37.8 Å². The van der Waals surface area contributed by atoms with E-state index in [2.05, 4.69) is 4.79 Å². The van der Waals surface area contributed by atoms with Gasteiger partial charge < -0.3 is 14.6 Å². The molecular formula is C20H23N3O3S. The fraction of sp³-hybridized carbons (Fsp3) is 0.300. The van der Waals surface area contributed by atoms with E-state index < -0.39 is 28.4 Å². The van der Waals surface area contributed by atoms with Gasteiger partial charge in [0.1, 0.15) is 0 Å². The number of hydrogen-bond donors (Lipinski definition) is 0. The Morgan fingerprint density at radius 2 is 1.63 bits per heavy atom. The topological polar surface area (TPSA) is 83.0 Å². The lowest BCUT2D eigenvalue weighted by molar-refractivity contribution is -0.136. The molecule has 0 aliphatic rings. The minimum atomic E-state index is -1.96. The van der Waals surface area contributed by atoms with Crippen molar-refractivity contribution in [3.63, 3.8) is 0 Å². The molecule has 0 saturated heterocycles. The van der Waals surface area contributed by atoms with Crippen molar-refractivity contribution in [1.82, 2.24) is 4.90 Å². The SMILES string of the molecule is CC(C)(C)N(CCc1ccccc1)C(=O)C(=[N+]=[N-])OS(=O)c1ccccc1. The summed E-state index contributed by atoms with van der Waals surface area (Å²) in [6, 6.07) is 18.2. The maximum absolute atomic E-state index is 12.9. The number of rotatable bonds is 5. The summed E-state index contributed by atoms with van der Waals surface area (Å²) in [6.45, 7) is 6.02. The average Bonchev–Trinajstić information content (AvgIpc) is 2.66. The van der Waals surface area contributed by atoms with Gasteiger partial charge >= 0.3 is 11.8 Å². The first kappa shape index (κ1) is 20.6.